The summed E-state index contributed by atoms with van der Waals surface area (Å²) in [6.07, 6.45) is 0. The molecule has 0 aliphatic carbocycles. The van der Waals surface area contributed by atoms with E-state index in [1.165, 1.54) is 5.56 Å². The van der Waals surface area contributed by atoms with Crippen LogP contribution in [-0.4, -0.2) is 5.11 Å². The average molecular weight is 211 g/mol. The van der Waals surface area contributed by atoms with Gasteiger partial charge in [0.05, 0.1) is 0 Å². The Bertz CT molecular complexity index is 472. The first-order valence-electron chi connectivity index (χ1n) is 5.37. The quantitative estimate of drug-likeness (QED) is 0.805. The molecule has 1 N–H and O–H groups in total. The normalized spacial score (nSPS) is 11.4. The molecular formula is C15H15O. The summed E-state index contributed by atoms with van der Waals surface area (Å²) in [5.41, 5.74) is 2.23. The van der Waals surface area contributed by atoms with Gasteiger partial charge in [0.25, 0.3) is 0 Å². The number of phenols is 1. The number of benzene rings is 2. The molecule has 81 valence electrons. The van der Waals surface area contributed by atoms with Crippen molar-refractivity contribution in [3.05, 3.63) is 65.7 Å². The molecule has 0 amide bonds. The topological polar surface area (TPSA) is 20.2 Å². The molecule has 0 atom stereocenters. The van der Waals surface area contributed by atoms with Crippen LogP contribution in [0.25, 0.3) is 0 Å². The summed E-state index contributed by atoms with van der Waals surface area (Å²) in [6.45, 7) is 4.30. The third-order valence-corrected chi connectivity index (χ3v) is 3.00. The van der Waals surface area contributed by atoms with Gasteiger partial charge in [-0.15, -0.1) is 0 Å². The Balaban J connectivity index is 2.47. The third-order valence-electron chi connectivity index (χ3n) is 3.00. The molecule has 0 aromatic heterocycles. The Morgan fingerprint density at radius 2 is 1.69 bits per heavy atom. The van der Waals surface area contributed by atoms with E-state index in [-0.39, 0.29) is 11.2 Å². The van der Waals surface area contributed by atoms with Crippen molar-refractivity contribution in [1.82, 2.24) is 0 Å². The van der Waals surface area contributed by atoms with Gasteiger partial charge in [0.15, 0.2) is 0 Å². The van der Waals surface area contributed by atoms with Crippen LogP contribution in [0.1, 0.15) is 25.0 Å². The predicted octanol–water partition coefficient (Wildman–Crippen LogP) is 3.52. The molecule has 0 heterocycles. The van der Waals surface area contributed by atoms with Crippen molar-refractivity contribution in [1.29, 1.82) is 0 Å². The van der Waals surface area contributed by atoms with E-state index in [1.54, 1.807) is 12.1 Å². The van der Waals surface area contributed by atoms with Gasteiger partial charge < -0.3 is 5.11 Å². The van der Waals surface area contributed by atoms with Crippen LogP contribution in [0.3, 0.4) is 0 Å². The van der Waals surface area contributed by atoms with Crippen molar-refractivity contribution in [3.8, 4) is 5.75 Å². The molecule has 1 heteroatoms. The van der Waals surface area contributed by atoms with Crippen LogP contribution >= 0.6 is 0 Å². The van der Waals surface area contributed by atoms with Crippen molar-refractivity contribution in [2.45, 2.75) is 19.3 Å². The van der Waals surface area contributed by atoms with Gasteiger partial charge in [0.1, 0.15) is 5.75 Å². The fourth-order valence-corrected chi connectivity index (χ4v) is 1.86. The van der Waals surface area contributed by atoms with Gasteiger partial charge in [-0.3, -0.25) is 0 Å². The summed E-state index contributed by atoms with van der Waals surface area (Å²) in [7, 11) is 0. The van der Waals surface area contributed by atoms with Crippen LogP contribution in [0.2, 0.25) is 0 Å². The second kappa shape index (κ2) is 4.01. The molecule has 0 saturated carbocycles. The van der Waals surface area contributed by atoms with E-state index in [1.807, 2.05) is 24.3 Å². The van der Waals surface area contributed by atoms with Crippen molar-refractivity contribution < 1.29 is 5.11 Å². The Morgan fingerprint density at radius 3 is 2.31 bits per heavy atom. The zero-order chi connectivity index (χ0) is 11.6. The highest BCUT2D eigenvalue weighted by Crippen LogP contribution is 2.32. The fourth-order valence-electron chi connectivity index (χ4n) is 1.86. The Labute approximate surface area is 96.4 Å². The molecule has 2 rings (SSSR count). The summed E-state index contributed by atoms with van der Waals surface area (Å²) >= 11 is 0. The van der Waals surface area contributed by atoms with Gasteiger partial charge >= 0.3 is 0 Å². The average Bonchev–Trinajstić information content (AvgIpc) is 2.30. The van der Waals surface area contributed by atoms with Gasteiger partial charge in [0, 0.05) is 11.5 Å². The monoisotopic (exact) mass is 211 g/mol. The molecule has 0 unspecified atom stereocenters. The minimum absolute atomic E-state index is 0.103. The summed E-state index contributed by atoms with van der Waals surface area (Å²) in [6, 6.07) is 18.6. The first-order chi connectivity index (χ1) is 7.60. The third kappa shape index (κ3) is 1.94. The van der Waals surface area contributed by atoms with E-state index in [0.717, 1.165) is 5.56 Å². The summed E-state index contributed by atoms with van der Waals surface area (Å²) in [4.78, 5) is 0. The van der Waals surface area contributed by atoms with Crippen molar-refractivity contribution >= 4 is 0 Å². The zero-order valence-corrected chi connectivity index (χ0v) is 9.57. The lowest BCUT2D eigenvalue weighted by Gasteiger charge is -2.26. The minimum atomic E-state index is -0.103. The van der Waals surface area contributed by atoms with Crippen LogP contribution in [0.15, 0.2) is 48.5 Å². The molecule has 0 spiro atoms. The number of rotatable bonds is 2. The molecule has 2 aromatic carbocycles. The van der Waals surface area contributed by atoms with E-state index in [0.29, 0.717) is 0 Å². The molecule has 2 aromatic rings. The maximum absolute atomic E-state index is 9.47. The van der Waals surface area contributed by atoms with E-state index >= 15 is 0 Å². The maximum atomic E-state index is 9.47. The second-order valence-electron chi connectivity index (χ2n) is 4.45. The highest BCUT2D eigenvalue weighted by atomic mass is 16.3. The lowest BCUT2D eigenvalue weighted by Crippen LogP contribution is -2.18. The summed E-state index contributed by atoms with van der Waals surface area (Å²) in [5.74, 6) is 0.196. The van der Waals surface area contributed by atoms with Crippen molar-refractivity contribution in [3.63, 3.8) is 0 Å². The lowest BCUT2D eigenvalue weighted by atomic mass is 9.78. The molecule has 1 nitrogen and oxygen atoms in total. The van der Waals surface area contributed by atoms with Gasteiger partial charge in [-0.05, 0) is 17.2 Å². The predicted molar refractivity (Wildman–Crippen MR) is 65.5 cm³/mol. The Hall–Kier alpha value is -1.76. The van der Waals surface area contributed by atoms with Gasteiger partial charge in [0.2, 0.25) is 0 Å². The molecule has 0 bridgehead atoms. The molecule has 0 fully saturated rings. The number of phenolic OH excluding ortho intramolecular Hbond substituents is 1. The van der Waals surface area contributed by atoms with Crippen LogP contribution in [0.4, 0.5) is 0 Å². The highest BCUT2D eigenvalue weighted by molar-refractivity contribution is 5.40. The first-order valence-corrected chi connectivity index (χ1v) is 5.37. The van der Waals surface area contributed by atoms with Crippen LogP contribution in [0, 0.1) is 6.07 Å². The molecule has 1 radical (unpaired) electrons. The Kier molecular flexibility index (Phi) is 2.69. The highest BCUT2D eigenvalue weighted by Gasteiger charge is 2.22. The van der Waals surface area contributed by atoms with Crippen LogP contribution in [-0.2, 0) is 5.41 Å². The van der Waals surface area contributed by atoms with E-state index in [2.05, 4.69) is 32.0 Å². The largest absolute Gasteiger partial charge is 0.507 e. The van der Waals surface area contributed by atoms with Crippen LogP contribution < -0.4 is 0 Å². The van der Waals surface area contributed by atoms with Crippen molar-refractivity contribution in [2.75, 3.05) is 0 Å². The number of aromatic hydroxyl groups is 1. The second-order valence-corrected chi connectivity index (χ2v) is 4.45. The molecule has 0 aliphatic heterocycles. The van der Waals surface area contributed by atoms with Crippen molar-refractivity contribution in [2.24, 2.45) is 0 Å². The molecular weight excluding hydrogens is 196 g/mol. The molecule has 0 saturated heterocycles. The molecule has 0 aliphatic rings. The van der Waals surface area contributed by atoms with Crippen LogP contribution in [0.5, 0.6) is 5.75 Å². The molecule has 16 heavy (non-hydrogen) atoms. The minimum Gasteiger partial charge on any atom is -0.507 e. The van der Waals surface area contributed by atoms with Gasteiger partial charge in [-0.2, -0.15) is 0 Å². The zero-order valence-electron chi connectivity index (χ0n) is 9.57. The van der Waals surface area contributed by atoms with E-state index in [9.17, 15) is 5.11 Å². The maximum Gasteiger partial charge on any atom is 0.123 e. The van der Waals surface area contributed by atoms with E-state index < -0.39 is 0 Å². The number of hydrogen-bond donors (Lipinski definition) is 1. The summed E-state index contributed by atoms with van der Waals surface area (Å²) in [5, 5.41) is 9.47. The van der Waals surface area contributed by atoms with Gasteiger partial charge in [-0.1, -0.05) is 56.3 Å². The smallest absolute Gasteiger partial charge is 0.123 e. The first kappa shape index (κ1) is 10.7. The summed E-state index contributed by atoms with van der Waals surface area (Å²) < 4.78 is 0. The number of hydrogen-bond acceptors (Lipinski definition) is 1. The lowest BCUT2D eigenvalue weighted by molar-refractivity contribution is 0.471. The Morgan fingerprint density at radius 1 is 1.00 bits per heavy atom. The SMILES string of the molecule is CC(C)(c1ccccc1)c1cc[c]c(O)c1. The standard InChI is InChI=1S/C15H15O/c1-15(2,12-7-4-3-5-8-12)13-9-6-10-14(16)11-13/h3-9,11,16H,1-2H3. The fraction of sp³-hybridized carbons (Fsp3) is 0.200. The van der Waals surface area contributed by atoms with E-state index in [4.69, 9.17) is 0 Å². The van der Waals surface area contributed by atoms with Gasteiger partial charge in [-0.25, -0.2) is 0 Å².